The third-order valence-corrected chi connectivity index (χ3v) is 5.73. The highest BCUT2D eigenvalue weighted by atomic mass is 32.1. The average molecular weight is 294 g/mol. The number of hydrogen-bond donors (Lipinski definition) is 1. The number of thiophene rings is 1. The second-order valence-corrected chi connectivity index (χ2v) is 7.10. The van der Waals surface area contributed by atoms with Gasteiger partial charge in [0.1, 0.15) is 5.00 Å². The summed E-state index contributed by atoms with van der Waals surface area (Å²) in [5, 5.41) is 4.51. The molecule has 1 aromatic heterocycles. The van der Waals surface area contributed by atoms with E-state index in [2.05, 4.69) is 24.1 Å². The molecule has 1 saturated heterocycles. The highest BCUT2D eigenvalue weighted by Gasteiger charge is 2.35. The van der Waals surface area contributed by atoms with Crippen molar-refractivity contribution in [1.29, 1.82) is 0 Å². The molecule has 5 heteroatoms. The Balaban J connectivity index is 1.90. The number of anilines is 1. The van der Waals surface area contributed by atoms with Crippen LogP contribution in [0.1, 0.15) is 34.6 Å². The number of methoxy groups -OCH3 is 1. The van der Waals surface area contributed by atoms with Gasteiger partial charge in [0, 0.05) is 24.5 Å². The Morgan fingerprint density at radius 3 is 2.85 bits per heavy atom. The molecule has 110 valence electrons. The van der Waals surface area contributed by atoms with E-state index in [1.54, 1.807) is 11.3 Å². The van der Waals surface area contributed by atoms with Gasteiger partial charge in [-0.25, -0.2) is 4.79 Å². The maximum absolute atomic E-state index is 12.2. The molecule has 1 aromatic rings. The average Bonchev–Trinajstić information content (AvgIpc) is 2.74. The van der Waals surface area contributed by atoms with Crippen molar-refractivity contribution >= 4 is 22.3 Å². The molecule has 20 heavy (non-hydrogen) atoms. The summed E-state index contributed by atoms with van der Waals surface area (Å²) in [5.74, 6) is 1.29. The summed E-state index contributed by atoms with van der Waals surface area (Å²) in [6, 6.07) is 0. The van der Waals surface area contributed by atoms with Crippen LogP contribution in [0.5, 0.6) is 0 Å². The molecule has 0 spiro atoms. The monoisotopic (exact) mass is 294 g/mol. The number of ether oxygens (including phenoxy) is 1. The van der Waals surface area contributed by atoms with E-state index in [0.717, 1.165) is 49.1 Å². The molecule has 0 unspecified atom stereocenters. The molecule has 1 fully saturated rings. The maximum atomic E-state index is 12.2. The van der Waals surface area contributed by atoms with E-state index in [4.69, 9.17) is 4.74 Å². The molecule has 0 aliphatic carbocycles. The SMILES string of the molecule is COC(=O)c1c(N2CC(C(C)C)C2)sc2c1CCNC2. The van der Waals surface area contributed by atoms with Crippen LogP contribution in [0.2, 0.25) is 0 Å². The van der Waals surface area contributed by atoms with Crippen molar-refractivity contribution in [2.45, 2.75) is 26.8 Å². The van der Waals surface area contributed by atoms with Crippen molar-refractivity contribution in [2.24, 2.45) is 11.8 Å². The van der Waals surface area contributed by atoms with E-state index in [9.17, 15) is 4.79 Å². The van der Waals surface area contributed by atoms with Crippen LogP contribution < -0.4 is 10.2 Å². The van der Waals surface area contributed by atoms with Crippen molar-refractivity contribution in [1.82, 2.24) is 5.32 Å². The maximum Gasteiger partial charge on any atom is 0.341 e. The quantitative estimate of drug-likeness (QED) is 0.868. The van der Waals surface area contributed by atoms with E-state index in [-0.39, 0.29) is 5.97 Å². The minimum atomic E-state index is -0.174. The first-order valence-corrected chi connectivity index (χ1v) is 8.12. The van der Waals surface area contributed by atoms with Crippen molar-refractivity contribution in [2.75, 3.05) is 31.6 Å². The standard InChI is InChI=1S/C15H22N2O2S/c1-9(2)10-7-17(8-10)14-13(15(18)19-3)11-4-5-16-6-12(11)20-14/h9-10,16H,4-8H2,1-3H3. The minimum absolute atomic E-state index is 0.174. The van der Waals surface area contributed by atoms with Gasteiger partial charge in [-0.15, -0.1) is 11.3 Å². The second-order valence-electron chi connectivity index (χ2n) is 6.01. The topological polar surface area (TPSA) is 41.6 Å². The largest absolute Gasteiger partial charge is 0.465 e. The van der Waals surface area contributed by atoms with Gasteiger partial charge in [0.15, 0.2) is 0 Å². The smallest absolute Gasteiger partial charge is 0.341 e. The molecule has 3 rings (SSSR count). The van der Waals surface area contributed by atoms with Gasteiger partial charge in [-0.05, 0) is 30.4 Å². The van der Waals surface area contributed by atoms with Crippen molar-refractivity contribution in [3.63, 3.8) is 0 Å². The normalized spacial score (nSPS) is 18.9. The molecular formula is C15H22N2O2S. The lowest BCUT2D eigenvalue weighted by molar-refractivity contribution is 0.0600. The van der Waals surface area contributed by atoms with Crippen molar-refractivity contribution in [3.05, 3.63) is 16.0 Å². The molecule has 0 atom stereocenters. The molecule has 0 saturated carbocycles. The van der Waals surface area contributed by atoms with Crippen LogP contribution in [0.4, 0.5) is 5.00 Å². The van der Waals surface area contributed by atoms with Crippen LogP contribution in [0.3, 0.4) is 0 Å². The van der Waals surface area contributed by atoms with Gasteiger partial charge in [0.2, 0.25) is 0 Å². The predicted molar refractivity (Wildman–Crippen MR) is 81.6 cm³/mol. The Morgan fingerprint density at radius 2 is 2.20 bits per heavy atom. The fraction of sp³-hybridized carbons (Fsp3) is 0.667. The Labute approximate surface area is 124 Å². The predicted octanol–water partition coefficient (Wildman–Crippen LogP) is 2.27. The highest BCUT2D eigenvalue weighted by Crippen LogP contribution is 2.41. The van der Waals surface area contributed by atoms with Crippen LogP contribution >= 0.6 is 11.3 Å². The summed E-state index contributed by atoms with van der Waals surface area (Å²) in [6.45, 7) is 8.50. The second kappa shape index (κ2) is 5.37. The molecule has 1 N–H and O–H groups in total. The van der Waals surface area contributed by atoms with E-state index in [0.29, 0.717) is 5.92 Å². The fourth-order valence-electron chi connectivity index (χ4n) is 2.96. The summed E-state index contributed by atoms with van der Waals surface area (Å²) in [6.07, 6.45) is 0.928. The number of fused-ring (bicyclic) bond motifs is 1. The van der Waals surface area contributed by atoms with E-state index < -0.39 is 0 Å². The fourth-order valence-corrected chi connectivity index (χ4v) is 4.28. The molecule has 4 nitrogen and oxygen atoms in total. The Bertz CT molecular complexity index is 518. The Hall–Kier alpha value is -1.07. The third kappa shape index (κ3) is 2.23. The summed E-state index contributed by atoms with van der Waals surface area (Å²) >= 11 is 1.77. The number of hydrogen-bond acceptors (Lipinski definition) is 5. The van der Waals surface area contributed by atoms with Gasteiger partial charge in [-0.1, -0.05) is 13.8 Å². The Morgan fingerprint density at radius 1 is 1.45 bits per heavy atom. The van der Waals surface area contributed by atoms with Crippen LogP contribution in [-0.4, -0.2) is 32.7 Å². The van der Waals surface area contributed by atoms with Crippen LogP contribution in [0.25, 0.3) is 0 Å². The zero-order valence-electron chi connectivity index (χ0n) is 12.4. The van der Waals surface area contributed by atoms with Gasteiger partial charge >= 0.3 is 5.97 Å². The number of nitrogens with one attached hydrogen (secondary N) is 1. The molecule has 2 aliphatic heterocycles. The summed E-state index contributed by atoms with van der Waals surface area (Å²) < 4.78 is 5.02. The molecule has 0 bridgehead atoms. The first kappa shape index (κ1) is 13.9. The van der Waals surface area contributed by atoms with Crippen LogP contribution in [-0.2, 0) is 17.7 Å². The zero-order chi connectivity index (χ0) is 14.3. The van der Waals surface area contributed by atoms with Gasteiger partial charge in [-0.2, -0.15) is 0 Å². The summed E-state index contributed by atoms with van der Waals surface area (Å²) in [7, 11) is 1.48. The Kier molecular flexibility index (Phi) is 3.73. The number of rotatable bonds is 3. The third-order valence-electron chi connectivity index (χ3n) is 4.44. The number of esters is 1. The lowest BCUT2D eigenvalue weighted by Gasteiger charge is -2.42. The molecule has 0 radical (unpaired) electrons. The molecule has 2 aliphatic rings. The van der Waals surface area contributed by atoms with E-state index in [1.807, 2.05) is 0 Å². The van der Waals surface area contributed by atoms with Crippen molar-refractivity contribution < 1.29 is 9.53 Å². The van der Waals surface area contributed by atoms with Crippen molar-refractivity contribution in [3.8, 4) is 0 Å². The summed E-state index contributed by atoms with van der Waals surface area (Å²) in [4.78, 5) is 15.8. The first-order chi connectivity index (χ1) is 9.61. The number of carbonyl (C=O) groups is 1. The number of nitrogens with zero attached hydrogens (tertiary/aromatic N) is 1. The van der Waals surface area contributed by atoms with Crippen LogP contribution in [0, 0.1) is 11.8 Å². The first-order valence-electron chi connectivity index (χ1n) is 7.30. The van der Waals surface area contributed by atoms with Gasteiger partial charge in [0.05, 0.1) is 12.7 Å². The van der Waals surface area contributed by atoms with Gasteiger partial charge < -0.3 is 15.0 Å². The zero-order valence-corrected chi connectivity index (χ0v) is 13.2. The van der Waals surface area contributed by atoms with Gasteiger partial charge in [-0.3, -0.25) is 0 Å². The lowest BCUT2D eigenvalue weighted by atomic mass is 9.88. The lowest BCUT2D eigenvalue weighted by Crippen LogP contribution is -2.49. The van der Waals surface area contributed by atoms with Crippen LogP contribution in [0.15, 0.2) is 0 Å². The molecule has 0 aromatic carbocycles. The van der Waals surface area contributed by atoms with Gasteiger partial charge in [0.25, 0.3) is 0 Å². The molecule has 0 amide bonds. The molecule has 3 heterocycles. The van der Waals surface area contributed by atoms with E-state index in [1.165, 1.54) is 17.6 Å². The highest BCUT2D eigenvalue weighted by molar-refractivity contribution is 7.16. The number of carbonyl (C=O) groups excluding carboxylic acids is 1. The van der Waals surface area contributed by atoms with E-state index >= 15 is 0 Å². The minimum Gasteiger partial charge on any atom is -0.465 e. The summed E-state index contributed by atoms with van der Waals surface area (Å²) in [5.41, 5.74) is 2.04. The molecular weight excluding hydrogens is 272 g/mol.